The van der Waals surface area contributed by atoms with Crippen molar-refractivity contribution in [2.45, 2.75) is 13.0 Å². The fourth-order valence-electron chi connectivity index (χ4n) is 3.13. The molecule has 0 atom stereocenters. The second-order valence-corrected chi connectivity index (χ2v) is 6.73. The van der Waals surface area contributed by atoms with Crippen molar-refractivity contribution in [3.05, 3.63) is 66.0 Å². The molecule has 0 aliphatic carbocycles. The first-order chi connectivity index (χ1) is 14.2. The van der Waals surface area contributed by atoms with E-state index in [4.69, 9.17) is 9.47 Å². The second kappa shape index (κ2) is 8.70. The van der Waals surface area contributed by atoms with E-state index >= 15 is 0 Å². The third-order valence-electron chi connectivity index (χ3n) is 4.63. The highest BCUT2D eigenvalue weighted by atomic mass is 16.5. The minimum absolute atomic E-state index is 0.0288. The molecule has 2 heterocycles. The lowest BCUT2D eigenvalue weighted by atomic mass is 10.1. The van der Waals surface area contributed by atoms with E-state index in [0.29, 0.717) is 32.1 Å². The predicted molar refractivity (Wildman–Crippen MR) is 111 cm³/mol. The van der Waals surface area contributed by atoms with Crippen molar-refractivity contribution in [2.75, 3.05) is 31.0 Å². The lowest BCUT2D eigenvalue weighted by Gasteiger charge is -2.09. The maximum absolute atomic E-state index is 11.5. The molecule has 7 heteroatoms. The molecule has 29 heavy (non-hydrogen) atoms. The van der Waals surface area contributed by atoms with Gasteiger partial charge in [0.15, 0.2) is 0 Å². The van der Waals surface area contributed by atoms with Crippen LogP contribution >= 0.6 is 0 Å². The Labute approximate surface area is 169 Å². The number of hydrogen-bond donors (Lipinski definition) is 2. The lowest BCUT2D eigenvalue weighted by Crippen LogP contribution is -2.06. The standard InChI is InChI=1S/C22H22N4O3/c1-28-7-8-29-19-4-2-3-15(9-19)12-23-22-24-13-18(14-25-22)16-5-6-17-11-21(27)26-20(17)10-16/h2-6,9-10,13-14H,7-8,11-12H2,1H3,(H,26,27)(H,23,24,25). The minimum Gasteiger partial charge on any atom is -0.491 e. The average Bonchev–Trinajstić information content (AvgIpc) is 3.12. The summed E-state index contributed by atoms with van der Waals surface area (Å²) >= 11 is 0. The van der Waals surface area contributed by atoms with E-state index in [1.165, 1.54) is 0 Å². The quantitative estimate of drug-likeness (QED) is 0.574. The monoisotopic (exact) mass is 390 g/mol. The van der Waals surface area contributed by atoms with Crippen LogP contribution in [0.25, 0.3) is 11.1 Å². The topological polar surface area (TPSA) is 85.4 Å². The number of nitrogens with one attached hydrogen (secondary N) is 2. The summed E-state index contributed by atoms with van der Waals surface area (Å²) in [7, 11) is 1.65. The van der Waals surface area contributed by atoms with Gasteiger partial charge in [0.1, 0.15) is 12.4 Å². The average molecular weight is 390 g/mol. The van der Waals surface area contributed by atoms with Crippen molar-refractivity contribution in [3.63, 3.8) is 0 Å². The van der Waals surface area contributed by atoms with Crippen molar-refractivity contribution >= 4 is 17.5 Å². The third kappa shape index (κ3) is 4.70. The summed E-state index contributed by atoms with van der Waals surface area (Å²) in [5, 5.41) is 6.09. The number of anilines is 2. The van der Waals surface area contributed by atoms with Gasteiger partial charge in [-0.25, -0.2) is 9.97 Å². The Morgan fingerprint density at radius 2 is 1.93 bits per heavy atom. The van der Waals surface area contributed by atoms with Gasteiger partial charge in [-0.05, 0) is 34.9 Å². The van der Waals surface area contributed by atoms with Gasteiger partial charge >= 0.3 is 0 Å². The zero-order chi connectivity index (χ0) is 20.1. The molecule has 4 rings (SSSR count). The van der Waals surface area contributed by atoms with Gasteiger partial charge < -0.3 is 20.1 Å². The van der Waals surface area contributed by atoms with Crippen LogP contribution in [0, 0.1) is 0 Å². The number of fused-ring (bicyclic) bond motifs is 1. The maximum Gasteiger partial charge on any atom is 0.228 e. The number of rotatable bonds is 8. The summed E-state index contributed by atoms with van der Waals surface area (Å²) in [6.07, 6.45) is 3.99. The number of benzene rings is 2. The van der Waals surface area contributed by atoms with Crippen LogP contribution in [-0.4, -0.2) is 36.2 Å². The van der Waals surface area contributed by atoms with Gasteiger partial charge in [0.2, 0.25) is 11.9 Å². The molecule has 2 N–H and O–H groups in total. The molecular weight excluding hydrogens is 368 g/mol. The summed E-state index contributed by atoms with van der Waals surface area (Å²) in [5.74, 6) is 1.39. The van der Waals surface area contributed by atoms with Gasteiger partial charge in [-0.15, -0.1) is 0 Å². The van der Waals surface area contributed by atoms with Crippen LogP contribution in [0.2, 0.25) is 0 Å². The number of hydrogen-bond acceptors (Lipinski definition) is 6. The first-order valence-electron chi connectivity index (χ1n) is 9.41. The molecule has 0 unspecified atom stereocenters. The molecule has 0 bridgehead atoms. The van der Waals surface area contributed by atoms with Crippen molar-refractivity contribution < 1.29 is 14.3 Å². The van der Waals surface area contributed by atoms with Crippen LogP contribution in [0.15, 0.2) is 54.9 Å². The molecule has 0 saturated heterocycles. The molecule has 0 fully saturated rings. The molecule has 7 nitrogen and oxygen atoms in total. The van der Waals surface area contributed by atoms with Gasteiger partial charge in [0.05, 0.1) is 13.0 Å². The van der Waals surface area contributed by atoms with Gasteiger partial charge in [0, 0.05) is 37.3 Å². The Balaban J connectivity index is 1.37. The Kier molecular flexibility index (Phi) is 5.67. The first-order valence-corrected chi connectivity index (χ1v) is 9.41. The van der Waals surface area contributed by atoms with Gasteiger partial charge in [-0.1, -0.05) is 24.3 Å². The number of methoxy groups -OCH3 is 1. The molecule has 3 aromatic rings. The van der Waals surface area contributed by atoms with E-state index in [1.807, 2.05) is 42.5 Å². The molecule has 148 valence electrons. The number of aromatic nitrogens is 2. The smallest absolute Gasteiger partial charge is 0.228 e. The zero-order valence-corrected chi connectivity index (χ0v) is 16.1. The van der Waals surface area contributed by atoms with Crippen molar-refractivity contribution in [3.8, 4) is 16.9 Å². The van der Waals surface area contributed by atoms with E-state index in [9.17, 15) is 4.79 Å². The Hall–Kier alpha value is -3.45. The van der Waals surface area contributed by atoms with E-state index in [-0.39, 0.29) is 5.91 Å². The summed E-state index contributed by atoms with van der Waals surface area (Å²) in [4.78, 5) is 20.3. The fraction of sp³-hybridized carbons (Fsp3) is 0.227. The van der Waals surface area contributed by atoms with Crippen LogP contribution in [0.1, 0.15) is 11.1 Å². The molecule has 0 radical (unpaired) electrons. The SMILES string of the molecule is COCCOc1cccc(CNc2ncc(-c3ccc4c(c3)NC(=O)C4)cn2)c1. The van der Waals surface area contributed by atoms with E-state index in [2.05, 4.69) is 20.6 Å². The highest BCUT2D eigenvalue weighted by molar-refractivity contribution is 5.99. The summed E-state index contributed by atoms with van der Waals surface area (Å²) in [6.45, 7) is 1.66. The van der Waals surface area contributed by atoms with Crippen molar-refractivity contribution in [2.24, 2.45) is 0 Å². The summed E-state index contributed by atoms with van der Waals surface area (Å²) < 4.78 is 10.6. The Bertz CT molecular complexity index is 1010. The minimum atomic E-state index is 0.0288. The van der Waals surface area contributed by atoms with E-state index in [0.717, 1.165) is 33.7 Å². The molecule has 2 aromatic carbocycles. The second-order valence-electron chi connectivity index (χ2n) is 6.73. The number of carbonyl (C=O) groups excluding carboxylic acids is 1. The van der Waals surface area contributed by atoms with Crippen LogP contribution in [0.3, 0.4) is 0 Å². The number of ether oxygens (including phenoxy) is 2. The lowest BCUT2D eigenvalue weighted by molar-refractivity contribution is -0.115. The fourth-order valence-corrected chi connectivity index (χ4v) is 3.13. The maximum atomic E-state index is 11.5. The van der Waals surface area contributed by atoms with Crippen LogP contribution in [0.5, 0.6) is 5.75 Å². The molecule has 1 aliphatic heterocycles. The zero-order valence-electron chi connectivity index (χ0n) is 16.1. The van der Waals surface area contributed by atoms with Crippen molar-refractivity contribution in [1.29, 1.82) is 0 Å². The van der Waals surface area contributed by atoms with Crippen LogP contribution in [0.4, 0.5) is 11.6 Å². The number of amides is 1. The van der Waals surface area contributed by atoms with Gasteiger partial charge in [-0.2, -0.15) is 0 Å². The highest BCUT2D eigenvalue weighted by Crippen LogP contribution is 2.29. The molecule has 1 amide bonds. The predicted octanol–water partition coefficient (Wildman–Crippen LogP) is 3.28. The summed E-state index contributed by atoms with van der Waals surface area (Å²) in [6, 6.07) is 13.8. The number of nitrogens with zero attached hydrogens (tertiary/aromatic N) is 2. The Morgan fingerprint density at radius 3 is 2.76 bits per heavy atom. The van der Waals surface area contributed by atoms with Crippen molar-refractivity contribution in [1.82, 2.24) is 9.97 Å². The highest BCUT2D eigenvalue weighted by Gasteiger charge is 2.17. The molecule has 0 spiro atoms. The molecule has 1 aromatic heterocycles. The molecule has 0 saturated carbocycles. The van der Waals surface area contributed by atoms with E-state index in [1.54, 1.807) is 19.5 Å². The first kappa shape index (κ1) is 18.9. The van der Waals surface area contributed by atoms with Gasteiger partial charge in [-0.3, -0.25) is 4.79 Å². The third-order valence-corrected chi connectivity index (χ3v) is 4.63. The van der Waals surface area contributed by atoms with Crippen LogP contribution in [-0.2, 0) is 22.5 Å². The van der Waals surface area contributed by atoms with Crippen LogP contribution < -0.4 is 15.4 Å². The largest absolute Gasteiger partial charge is 0.491 e. The number of carbonyl (C=O) groups is 1. The van der Waals surface area contributed by atoms with Gasteiger partial charge in [0.25, 0.3) is 0 Å². The Morgan fingerprint density at radius 1 is 1.07 bits per heavy atom. The molecule has 1 aliphatic rings. The van der Waals surface area contributed by atoms with E-state index < -0.39 is 0 Å². The summed E-state index contributed by atoms with van der Waals surface area (Å²) in [5.41, 5.74) is 4.82. The molecular formula is C22H22N4O3. The normalized spacial score (nSPS) is 12.4.